The van der Waals surface area contributed by atoms with Crippen molar-refractivity contribution in [2.45, 2.75) is 32.2 Å². The third-order valence-electron chi connectivity index (χ3n) is 5.30. The minimum atomic E-state index is -3.39. The van der Waals surface area contributed by atoms with Gasteiger partial charge in [0.05, 0.1) is 47.7 Å². The first-order chi connectivity index (χ1) is 17.7. The molecule has 0 radical (unpaired) electrons. The van der Waals surface area contributed by atoms with Crippen molar-refractivity contribution >= 4 is 42.4 Å². The van der Waals surface area contributed by atoms with Crippen LogP contribution < -0.4 is 19.1 Å². The van der Waals surface area contributed by atoms with Crippen LogP contribution in [0.2, 0.25) is 0 Å². The Balaban J connectivity index is 1.82. The number of aromatic nitrogens is 1. The zero-order valence-electron chi connectivity index (χ0n) is 21.0. The molecule has 9 nitrogen and oxygen atoms in total. The number of carbonyl (C=O) groups is 1. The standard InChI is InChI=1S/C26H28N2O7S2/c1-5-32-21-13-17(14-22(33-6-2)24(21)34-7-3)25(29)28(16-18-9-8-12-35-18)26-27-20-11-10-19(37(4,30)31)15-23(20)36-26/h8-15H,5-7,16H2,1-4H3. The average Bonchev–Trinajstić information content (AvgIpc) is 3.53. The molecule has 0 saturated carbocycles. The Hall–Kier alpha value is -3.57. The average molecular weight is 545 g/mol. The van der Waals surface area contributed by atoms with Gasteiger partial charge in [0.1, 0.15) is 5.76 Å². The van der Waals surface area contributed by atoms with E-state index in [1.807, 2.05) is 20.8 Å². The Kier molecular flexibility index (Phi) is 8.03. The summed E-state index contributed by atoms with van der Waals surface area (Å²) in [5.41, 5.74) is 0.902. The molecular weight excluding hydrogens is 516 g/mol. The van der Waals surface area contributed by atoms with Crippen LogP contribution in [0.1, 0.15) is 36.9 Å². The van der Waals surface area contributed by atoms with Gasteiger partial charge in [0.2, 0.25) is 5.75 Å². The van der Waals surface area contributed by atoms with Gasteiger partial charge in [0.25, 0.3) is 5.91 Å². The Bertz CT molecular complexity index is 1470. The van der Waals surface area contributed by atoms with E-state index in [-0.39, 0.29) is 17.3 Å². The minimum absolute atomic E-state index is 0.117. The number of rotatable bonds is 11. The van der Waals surface area contributed by atoms with E-state index in [9.17, 15) is 13.2 Å². The monoisotopic (exact) mass is 544 g/mol. The molecule has 2 heterocycles. The number of sulfone groups is 1. The summed E-state index contributed by atoms with van der Waals surface area (Å²) in [4.78, 5) is 20.3. The third kappa shape index (κ3) is 5.89. The number of fused-ring (bicyclic) bond motifs is 1. The summed E-state index contributed by atoms with van der Waals surface area (Å²) in [7, 11) is -3.39. The molecule has 0 aliphatic carbocycles. The van der Waals surface area contributed by atoms with Gasteiger partial charge >= 0.3 is 0 Å². The number of amides is 1. The van der Waals surface area contributed by atoms with Crippen molar-refractivity contribution in [1.82, 2.24) is 4.98 Å². The number of anilines is 1. The molecule has 0 unspecified atom stereocenters. The predicted octanol–water partition coefficient (Wildman–Crippen LogP) is 5.34. The number of ether oxygens (including phenoxy) is 3. The normalized spacial score (nSPS) is 11.5. The van der Waals surface area contributed by atoms with E-state index in [4.69, 9.17) is 18.6 Å². The van der Waals surface area contributed by atoms with Crippen molar-refractivity contribution in [3.05, 3.63) is 60.1 Å². The third-order valence-corrected chi connectivity index (χ3v) is 7.45. The van der Waals surface area contributed by atoms with Gasteiger partial charge in [-0.1, -0.05) is 11.3 Å². The molecular formula is C26H28N2O7S2. The molecule has 37 heavy (non-hydrogen) atoms. The highest BCUT2D eigenvalue weighted by atomic mass is 32.2. The van der Waals surface area contributed by atoms with E-state index in [2.05, 4.69) is 4.98 Å². The van der Waals surface area contributed by atoms with Gasteiger partial charge in [-0.05, 0) is 63.2 Å². The van der Waals surface area contributed by atoms with E-state index >= 15 is 0 Å². The number of hydrogen-bond acceptors (Lipinski definition) is 9. The lowest BCUT2D eigenvalue weighted by molar-refractivity contribution is 0.0982. The molecule has 0 aliphatic rings. The molecule has 11 heteroatoms. The highest BCUT2D eigenvalue weighted by Gasteiger charge is 2.26. The lowest BCUT2D eigenvalue weighted by Crippen LogP contribution is -2.30. The lowest BCUT2D eigenvalue weighted by atomic mass is 10.1. The number of thiazole rings is 1. The summed E-state index contributed by atoms with van der Waals surface area (Å²) in [5.74, 6) is 1.44. The number of furan rings is 1. The molecule has 0 bridgehead atoms. The van der Waals surface area contributed by atoms with Crippen LogP contribution in [0.25, 0.3) is 10.2 Å². The first-order valence-corrected chi connectivity index (χ1v) is 14.5. The second kappa shape index (κ2) is 11.2. The van der Waals surface area contributed by atoms with E-state index in [1.54, 1.807) is 36.4 Å². The van der Waals surface area contributed by atoms with Gasteiger partial charge in [-0.2, -0.15) is 0 Å². The SMILES string of the molecule is CCOc1cc(C(=O)N(Cc2ccco2)c2nc3ccc(S(C)(=O)=O)cc3s2)cc(OCC)c1OCC. The lowest BCUT2D eigenvalue weighted by Gasteiger charge is -2.21. The maximum atomic E-state index is 14.0. The minimum Gasteiger partial charge on any atom is -0.490 e. The van der Waals surface area contributed by atoms with Gasteiger partial charge in [0, 0.05) is 11.8 Å². The Morgan fingerprint density at radius 3 is 2.24 bits per heavy atom. The second-order valence-electron chi connectivity index (χ2n) is 7.97. The van der Waals surface area contributed by atoms with Crippen LogP contribution in [-0.4, -0.2) is 45.4 Å². The number of benzene rings is 2. The largest absolute Gasteiger partial charge is 0.490 e. The molecule has 4 aromatic rings. The highest BCUT2D eigenvalue weighted by molar-refractivity contribution is 7.90. The van der Waals surface area contributed by atoms with E-state index in [0.717, 1.165) is 6.26 Å². The first kappa shape index (κ1) is 26.5. The fraction of sp³-hybridized carbons (Fsp3) is 0.308. The predicted molar refractivity (Wildman–Crippen MR) is 142 cm³/mol. The quantitative estimate of drug-likeness (QED) is 0.249. The van der Waals surface area contributed by atoms with Crippen LogP contribution in [0.3, 0.4) is 0 Å². The van der Waals surface area contributed by atoms with Crippen LogP contribution >= 0.6 is 11.3 Å². The smallest absolute Gasteiger partial charge is 0.260 e. The van der Waals surface area contributed by atoms with Gasteiger partial charge in [-0.15, -0.1) is 0 Å². The summed E-state index contributed by atoms with van der Waals surface area (Å²) < 4.78 is 47.6. The van der Waals surface area contributed by atoms with Crippen molar-refractivity contribution in [3.63, 3.8) is 0 Å². The second-order valence-corrected chi connectivity index (χ2v) is 11.0. The molecule has 0 saturated heterocycles. The molecule has 4 rings (SSSR count). The van der Waals surface area contributed by atoms with Crippen LogP contribution in [0, 0.1) is 0 Å². The van der Waals surface area contributed by atoms with Gasteiger partial charge in [-0.3, -0.25) is 9.69 Å². The van der Waals surface area contributed by atoms with Gasteiger partial charge in [0.15, 0.2) is 26.5 Å². The fourth-order valence-corrected chi connectivity index (χ4v) is 5.42. The first-order valence-electron chi connectivity index (χ1n) is 11.8. The molecule has 1 amide bonds. The van der Waals surface area contributed by atoms with Crippen LogP contribution in [0.5, 0.6) is 17.2 Å². The number of carbonyl (C=O) groups excluding carboxylic acids is 1. The topological polar surface area (TPSA) is 108 Å². The maximum Gasteiger partial charge on any atom is 0.260 e. The molecule has 0 N–H and O–H groups in total. The summed E-state index contributed by atoms with van der Waals surface area (Å²) in [6.45, 7) is 6.82. The summed E-state index contributed by atoms with van der Waals surface area (Å²) in [5, 5.41) is 0.395. The van der Waals surface area contributed by atoms with Crippen molar-refractivity contribution in [3.8, 4) is 17.2 Å². The molecule has 0 spiro atoms. The number of hydrogen-bond donors (Lipinski definition) is 0. The zero-order chi connectivity index (χ0) is 26.6. The summed E-state index contributed by atoms with van der Waals surface area (Å²) in [6.07, 6.45) is 2.69. The van der Waals surface area contributed by atoms with Crippen LogP contribution in [-0.2, 0) is 16.4 Å². The van der Waals surface area contributed by atoms with Crippen LogP contribution in [0.15, 0.2) is 58.0 Å². The zero-order valence-corrected chi connectivity index (χ0v) is 22.6. The molecule has 2 aromatic carbocycles. The van der Waals surface area contributed by atoms with Crippen molar-refractivity contribution in [1.29, 1.82) is 0 Å². The Morgan fingerprint density at radius 1 is 1.00 bits per heavy atom. The summed E-state index contributed by atoms with van der Waals surface area (Å²) >= 11 is 1.22. The van der Waals surface area contributed by atoms with E-state index in [0.29, 0.717) is 63.7 Å². The Labute approximate surface area is 219 Å². The van der Waals surface area contributed by atoms with Crippen molar-refractivity contribution in [2.75, 3.05) is 31.0 Å². The summed E-state index contributed by atoms with van der Waals surface area (Å²) in [6, 6.07) is 11.5. The molecule has 2 aromatic heterocycles. The maximum absolute atomic E-state index is 14.0. The number of nitrogens with zero attached hydrogens (tertiary/aromatic N) is 2. The fourth-order valence-electron chi connectivity index (χ4n) is 3.69. The molecule has 0 aliphatic heterocycles. The van der Waals surface area contributed by atoms with Gasteiger partial charge < -0.3 is 18.6 Å². The highest BCUT2D eigenvalue weighted by Crippen LogP contribution is 2.40. The Morgan fingerprint density at radius 2 is 1.68 bits per heavy atom. The molecule has 0 fully saturated rings. The molecule has 0 atom stereocenters. The van der Waals surface area contributed by atoms with Crippen molar-refractivity contribution in [2.24, 2.45) is 0 Å². The molecule has 196 valence electrons. The van der Waals surface area contributed by atoms with E-state index in [1.165, 1.54) is 28.6 Å². The van der Waals surface area contributed by atoms with Crippen molar-refractivity contribution < 1.29 is 31.8 Å². The van der Waals surface area contributed by atoms with E-state index < -0.39 is 9.84 Å². The van der Waals surface area contributed by atoms with Gasteiger partial charge in [-0.25, -0.2) is 13.4 Å². The van der Waals surface area contributed by atoms with Crippen LogP contribution in [0.4, 0.5) is 5.13 Å².